The molecule has 1 unspecified atom stereocenters. The maximum absolute atomic E-state index is 13.0. The van der Waals surface area contributed by atoms with E-state index in [0.29, 0.717) is 18.7 Å². The molecule has 1 spiro atoms. The highest BCUT2D eigenvalue weighted by molar-refractivity contribution is 5.97. The van der Waals surface area contributed by atoms with E-state index in [1.54, 1.807) is 0 Å². The summed E-state index contributed by atoms with van der Waals surface area (Å²) in [6, 6.07) is 9.17. The first kappa shape index (κ1) is 22.3. The standard InChI is InChI=1S/C23H31NO6/c1-21(2,3)22(4)19(28-6)24-23(20(26)30-22)13-12-16(14-23)29-18(25)17(27-5)15-10-8-7-9-11-15/h7-11,16-17H,12-14H2,1-6H3/t16-,17?,22+,23+/m0/s1. The lowest BCUT2D eigenvalue weighted by Gasteiger charge is -2.45. The summed E-state index contributed by atoms with van der Waals surface area (Å²) >= 11 is 0. The lowest BCUT2D eigenvalue weighted by Crippen LogP contribution is -2.59. The summed E-state index contributed by atoms with van der Waals surface area (Å²) < 4.78 is 22.5. The van der Waals surface area contributed by atoms with Crippen molar-refractivity contribution in [1.82, 2.24) is 0 Å². The molecule has 1 aliphatic heterocycles. The molecule has 4 atom stereocenters. The third kappa shape index (κ3) is 3.83. The number of nitrogens with zero attached hydrogens (tertiary/aromatic N) is 1. The van der Waals surface area contributed by atoms with Gasteiger partial charge in [0.25, 0.3) is 0 Å². The maximum atomic E-state index is 13.0. The molecule has 1 fully saturated rings. The van der Waals surface area contributed by atoms with E-state index in [9.17, 15) is 9.59 Å². The van der Waals surface area contributed by atoms with Gasteiger partial charge in [-0.2, -0.15) is 0 Å². The molecular weight excluding hydrogens is 386 g/mol. The molecule has 0 N–H and O–H groups in total. The first-order valence-corrected chi connectivity index (χ1v) is 10.2. The van der Waals surface area contributed by atoms with Gasteiger partial charge in [0, 0.05) is 18.9 Å². The third-order valence-corrected chi connectivity index (χ3v) is 6.31. The average Bonchev–Trinajstić information content (AvgIpc) is 3.09. The van der Waals surface area contributed by atoms with Gasteiger partial charge in [-0.05, 0) is 25.3 Å². The van der Waals surface area contributed by atoms with Crippen molar-refractivity contribution < 1.29 is 28.5 Å². The number of aliphatic imine (C=N–C) groups is 1. The molecule has 164 valence electrons. The van der Waals surface area contributed by atoms with Crippen molar-refractivity contribution in [3.05, 3.63) is 35.9 Å². The molecule has 3 rings (SSSR count). The summed E-state index contributed by atoms with van der Waals surface area (Å²) in [6.07, 6.45) is -0.0651. The van der Waals surface area contributed by atoms with Crippen LogP contribution in [0.5, 0.6) is 0 Å². The van der Waals surface area contributed by atoms with Crippen molar-refractivity contribution in [3.63, 3.8) is 0 Å². The number of rotatable bonds is 4. The number of carbonyl (C=O) groups is 2. The Kier molecular flexibility index (Phi) is 5.96. The van der Waals surface area contributed by atoms with Gasteiger partial charge < -0.3 is 18.9 Å². The van der Waals surface area contributed by atoms with Gasteiger partial charge in [0.05, 0.1) is 7.11 Å². The first-order chi connectivity index (χ1) is 14.1. The predicted molar refractivity (Wildman–Crippen MR) is 111 cm³/mol. The minimum Gasteiger partial charge on any atom is -0.481 e. The molecule has 7 nitrogen and oxygen atoms in total. The highest BCUT2D eigenvalue weighted by Crippen LogP contribution is 2.46. The van der Waals surface area contributed by atoms with Gasteiger partial charge in [-0.15, -0.1) is 0 Å². The van der Waals surface area contributed by atoms with Crippen LogP contribution in [0.4, 0.5) is 0 Å². The summed E-state index contributed by atoms with van der Waals surface area (Å²) in [5.41, 5.74) is -1.73. The quantitative estimate of drug-likeness (QED) is 0.696. The average molecular weight is 418 g/mol. The number of ether oxygens (including phenoxy) is 4. The first-order valence-electron chi connectivity index (χ1n) is 10.2. The molecule has 2 aliphatic rings. The van der Waals surface area contributed by atoms with Crippen molar-refractivity contribution in [2.24, 2.45) is 10.4 Å². The fourth-order valence-electron chi connectivity index (χ4n) is 3.98. The number of carbonyl (C=O) groups excluding carboxylic acids is 2. The van der Waals surface area contributed by atoms with Crippen LogP contribution < -0.4 is 0 Å². The topological polar surface area (TPSA) is 83.4 Å². The molecule has 0 radical (unpaired) electrons. The maximum Gasteiger partial charge on any atom is 0.340 e. The second-order valence-corrected chi connectivity index (χ2v) is 9.15. The summed E-state index contributed by atoms with van der Waals surface area (Å²) in [7, 11) is 3.00. The minimum absolute atomic E-state index is 0.260. The Balaban J connectivity index is 1.78. The molecule has 0 aromatic heterocycles. The van der Waals surface area contributed by atoms with E-state index < -0.39 is 40.7 Å². The summed E-state index contributed by atoms with van der Waals surface area (Å²) in [4.78, 5) is 30.5. The van der Waals surface area contributed by atoms with Crippen LogP contribution in [-0.2, 0) is 28.5 Å². The van der Waals surface area contributed by atoms with Crippen LogP contribution in [0.3, 0.4) is 0 Å². The van der Waals surface area contributed by atoms with Crippen LogP contribution in [0.2, 0.25) is 0 Å². The van der Waals surface area contributed by atoms with Gasteiger partial charge >= 0.3 is 11.9 Å². The Morgan fingerprint density at radius 3 is 2.47 bits per heavy atom. The Morgan fingerprint density at radius 1 is 1.23 bits per heavy atom. The second-order valence-electron chi connectivity index (χ2n) is 9.15. The van der Waals surface area contributed by atoms with Gasteiger partial charge in [-0.1, -0.05) is 51.1 Å². The van der Waals surface area contributed by atoms with Crippen LogP contribution in [0.1, 0.15) is 58.6 Å². The van der Waals surface area contributed by atoms with E-state index in [4.69, 9.17) is 23.9 Å². The van der Waals surface area contributed by atoms with E-state index >= 15 is 0 Å². The Hall–Kier alpha value is -2.41. The predicted octanol–water partition coefficient (Wildman–Crippen LogP) is 3.62. The van der Waals surface area contributed by atoms with Crippen molar-refractivity contribution in [3.8, 4) is 0 Å². The van der Waals surface area contributed by atoms with E-state index in [0.717, 1.165) is 5.56 Å². The highest BCUT2D eigenvalue weighted by atomic mass is 16.6. The van der Waals surface area contributed by atoms with Crippen molar-refractivity contribution in [2.75, 3.05) is 14.2 Å². The highest BCUT2D eigenvalue weighted by Gasteiger charge is 2.59. The van der Waals surface area contributed by atoms with Crippen molar-refractivity contribution >= 4 is 17.8 Å². The molecular formula is C23H31NO6. The number of hydrogen-bond acceptors (Lipinski definition) is 7. The van der Waals surface area contributed by atoms with E-state index in [1.165, 1.54) is 14.2 Å². The Bertz CT molecular complexity index is 830. The van der Waals surface area contributed by atoms with Crippen molar-refractivity contribution in [2.45, 2.75) is 70.3 Å². The van der Waals surface area contributed by atoms with Gasteiger partial charge in [0.15, 0.2) is 17.2 Å². The van der Waals surface area contributed by atoms with Gasteiger partial charge in [0.1, 0.15) is 6.10 Å². The smallest absolute Gasteiger partial charge is 0.340 e. The zero-order valence-electron chi connectivity index (χ0n) is 18.6. The Morgan fingerprint density at radius 2 is 1.90 bits per heavy atom. The lowest BCUT2D eigenvalue weighted by atomic mass is 9.76. The van der Waals surface area contributed by atoms with Crippen LogP contribution >= 0.6 is 0 Å². The number of esters is 2. The summed E-state index contributed by atoms with van der Waals surface area (Å²) in [5, 5.41) is 0. The number of hydrogen-bond donors (Lipinski definition) is 0. The number of methoxy groups -OCH3 is 2. The number of benzene rings is 1. The molecule has 0 bridgehead atoms. The van der Waals surface area contributed by atoms with Gasteiger partial charge in [-0.3, -0.25) is 0 Å². The fourth-order valence-corrected chi connectivity index (χ4v) is 3.98. The molecule has 1 aromatic rings. The van der Waals surface area contributed by atoms with Crippen LogP contribution in [0.25, 0.3) is 0 Å². The van der Waals surface area contributed by atoms with Crippen molar-refractivity contribution in [1.29, 1.82) is 0 Å². The zero-order valence-corrected chi connectivity index (χ0v) is 18.6. The number of cyclic esters (lactones) is 1. The van der Waals surface area contributed by atoms with E-state index in [2.05, 4.69) is 0 Å². The summed E-state index contributed by atoms with van der Waals surface area (Å²) in [5.74, 6) is -0.489. The molecule has 1 heterocycles. The molecule has 1 saturated carbocycles. The normalized spacial score (nSPS) is 29.9. The zero-order chi connectivity index (χ0) is 22.2. The minimum atomic E-state index is -1.09. The SMILES string of the molecule is COC1=N[C@@]2(CC[C@H](OC(=O)C(OC)c3ccccc3)C2)C(=O)O[C@@]1(C)C(C)(C)C. The van der Waals surface area contributed by atoms with Gasteiger partial charge in [0.2, 0.25) is 5.90 Å². The van der Waals surface area contributed by atoms with E-state index in [-0.39, 0.29) is 6.42 Å². The Labute approximate surface area is 177 Å². The van der Waals surface area contributed by atoms with E-state index in [1.807, 2.05) is 58.0 Å². The second kappa shape index (κ2) is 8.02. The third-order valence-electron chi connectivity index (χ3n) is 6.31. The molecule has 0 saturated heterocycles. The van der Waals surface area contributed by atoms with Crippen LogP contribution in [0, 0.1) is 5.41 Å². The molecule has 0 amide bonds. The molecule has 30 heavy (non-hydrogen) atoms. The molecule has 7 heteroatoms. The van der Waals surface area contributed by atoms with Crippen LogP contribution in [0.15, 0.2) is 35.3 Å². The lowest BCUT2D eigenvalue weighted by molar-refractivity contribution is -0.173. The fraction of sp³-hybridized carbons (Fsp3) is 0.609. The molecule has 1 aromatic carbocycles. The largest absolute Gasteiger partial charge is 0.481 e. The monoisotopic (exact) mass is 417 g/mol. The van der Waals surface area contributed by atoms with Crippen LogP contribution in [-0.4, -0.2) is 49.3 Å². The summed E-state index contributed by atoms with van der Waals surface area (Å²) in [6.45, 7) is 7.73. The molecule has 1 aliphatic carbocycles. The van der Waals surface area contributed by atoms with Gasteiger partial charge in [-0.25, -0.2) is 14.6 Å².